The highest BCUT2D eigenvalue weighted by atomic mass is 35.5. The van der Waals surface area contributed by atoms with Gasteiger partial charge in [-0.05, 0) is 23.8 Å². The van der Waals surface area contributed by atoms with E-state index in [-0.39, 0.29) is 0 Å². The molecule has 0 radical (unpaired) electrons. The predicted octanol–water partition coefficient (Wildman–Crippen LogP) is 3.72. The smallest absolute Gasteiger partial charge is 0.233 e. The number of rotatable bonds is 5. The summed E-state index contributed by atoms with van der Waals surface area (Å²) in [6.45, 7) is 0. The second kappa shape index (κ2) is 7.87. The minimum Gasteiger partial charge on any atom is -0.279 e. The molecule has 0 spiro atoms. The van der Waals surface area contributed by atoms with Crippen molar-refractivity contribution in [1.82, 2.24) is 15.7 Å². The summed E-state index contributed by atoms with van der Waals surface area (Å²) >= 11 is 13.1. The maximum absolute atomic E-state index is 9.29. The normalized spacial score (nSPS) is 11.6. The zero-order chi connectivity index (χ0) is 15.9. The molecule has 0 aliphatic carbocycles. The van der Waals surface area contributed by atoms with Crippen LogP contribution in [0.4, 0.5) is 5.13 Å². The summed E-state index contributed by atoms with van der Waals surface area (Å²) in [5, 5.41) is 18.9. The highest BCUT2D eigenvalue weighted by Gasteiger charge is 2.10. The molecular formula is C13H9Cl2N5OS. The van der Waals surface area contributed by atoms with Crippen LogP contribution in [-0.4, -0.2) is 23.6 Å². The van der Waals surface area contributed by atoms with E-state index in [0.717, 1.165) is 0 Å². The van der Waals surface area contributed by atoms with Crippen molar-refractivity contribution in [3.8, 4) is 6.07 Å². The molecule has 0 atom stereocenters. The van der Waals surface area contributed by atoms with E-state index in [9.17, 15) is 5.26 Å². The molecule has 1 heterocycles. The van der Waals surface area contributed by atoms with Crippen molar-refractivity contribution < 1.29 is 4.84 Å². The van der Waals surface area contributed by atoms with E-state index in [1.54, 1.807) is 24.3 Å². The van der Waals surface area contributed by atoms with Crippen LogP contribution in [0.2, 0.25) is 10.0 Å². The highest BCUT2D eigenvalue weighted by Crippen LogP contribution is 2.28. The van der Waals surface area contributed by atoms with E-state index in [1.165, 1.54) is 24.8 Å². The van der Waals surface area contributed by atoms with Crippen LogP contribution in [-0.2, 0) is 4.84 Å². The Morgan fingerprint density at radius 3 is 2.95 bits per heavy atom. The van der Waals surface area contributed by atoms with Gasteiger partial charge in [0.2, 0.25) is 5.13 Å². The van der Waals surface area contributed by atoms with Crippen molar-refractivity contribution in [3.05, 3.63) is 38.8 Å². The molecule has 1 aromatic heterocycles. The summed E-state index contributed by atoms with van der Waals surface area (Å²) < 4.78 is 0. The Morgan fingerprint density at radius 2 is 2.27 bits per heavy atom. The van der Waals surface area contributed by atoms with Crippen LogP contribution in [0.1, 0.15) is 10.6 Å². The standard InChI is InChI=1S/C13H9Cl2N5OS/c1-21-18-7-17-13-20-19-12(22-13)9(6-16)4-8-2-3-10(14)5-11(8)15/h2-5,7H,1H3,(H,17,18,20). The zero-order valence-corrected chi connectivity index (χ0v) is 13.6. The van der Waals surface area contributed by atoms with Crippen LogP contribution >= 0.6 is 34.5 Å². The summed E-state index contributed by atoms with van der Waals surface area (Å²) in [6, 6.07) is 7.10. The highest BCUT2D eigenvalue weighted by molar-refractivity contribution is 7.16. The van der Waals surface area contributed by atoms with E-state index < -0.39 is 0 Å². The molecule has 0 fully saturated rings. The third-order valence-electron chi connectivity index (χ3n) is 2.37. The lowest BCUT2D eigenvalue weighted by atomic mass is 10.1. The van der Waals surface area contributed by atoms with Crippen molar-refractivity contribution in [2.24, 2.45) is 4.99 Å². The maximum Gasteiger partial charge on any atom is 0.233 e. The third-order valence-corrected chi connectivity index (χ3v) is 3.80. The van der Waals surface area contributed by atoms with Crippen LogP contribution in [0.25, 0.3) is 11.6 Å². The lowest BCUT2D eigenvalue weighted by molar-refractivity contribution is 0.148. The first-order chi connectivity index (χ1) is 10.6. The molecule has 6 nitrogen and oxygen atoms in total. The molecule has 112 valence electrons. The summed E-state index contributed by atoms with van der Waals surface area (Å²) in [5.41, 5.74) is 3.45. The fourth-order valence-corrected chi connectivity index (χ4v) is 2.55. The van der Waals surface area contributed by atoms with E-state index in [2.05, 4.69) is 31.6 Å². The van der Waals surface area contributed by atoms with E-state index in [4.69, 9.17) is 23.2 Å². The van der Waals surface area contributed by atoms with Crippen molar-refractivity contribution in [3.63, 3.8) is 0 Å². The fourth-order valence-electron chi connectivity index (χ4n) is 1.43. The Morgan fingerprint density at radius 1 is 1.45 bits per heavy atom. The van der Waals surface area contributed by atoms with Crippen LogP contribution in [0, 0.1) is 11.3 Å². The van der Waals surface area contributed by atoms with Gasteiger partial charge >= 0.3 is 0 Å². The summed E-state index contributed by atoms with van der Waals surface area (Å²) in [5.74, 6) is 0. The van der Waals surface area contributed by atoms with Crippen molar-refractivity contribution in [2.75, 3.05) is 7.11 Å². The van der Waals surface area contributed by atoms with Gasteiger partial charge in [0.1, 0.15) is 12.4 Å². The molecule has 1 aromatic carbocycles. The molecule has 9 heteroatoms. The first-order valence-corrected chi connectivity index (χ1v) is 7.43. The van der Waals surface area contributed by atoms with Crippen LogP contribution < -0.4 is 5.48 Å². The summed E-state index contributed by atoms with van der Waals surface area (Å²) in [6.07, 6.45) is 2.95. The molecule has 0 saturated carbocycles. The maximum atomic E-state index is 9.29. The Labute approximate surface area is 140 Å². The number of benzene rings is 1. The van der Waals surface area contributed by atoms with Crippen LogP contribution in [0.5, 0.6) is 0 Å². The zero-order valence-electron chi connectivity index (χ0n) is 11.2. The predicted molar refractivity (Wildman–Crippen MR) is 88.2 cm³/mol. The topological polar surface area (TPSA) is 83.2 Å². The molecule has 0 bridgehead atoms. The third kappa shape index (κ3) is 4.26. The Bertz CT molecular complexity index is 766. The molecule has 0 saturated heterocycles. The molecule has 0 amide bonds. The monoisotopic (exact) mass is 353 g/mol. The van der Waals surface area contributed by atoms with Gasteiger partial charge < -0.3 is 0 Å². The van der Waals surface area contributed by atoms with Crippen molar-refractivity contribution >= 4 is 57.7 Å². The number of allylic oxidation sites excluding steroid dienone is 1. The Hall–Kier alpha value is -1.98. The first-order valence-electron chi connectivity index (χ1n) is 5.86. The molecule has 2 rings (SSSR count). The van der Waals surface area contributed by atoms with Crippen molar-refractivity contribution in [1.29, 1.82) is 5.26 Å². The molecule has 22 heavy (non-hydrogen) atoms. The van der Waals surface area contributed by atoms with E-state index in [1.807, 2.05) is 0 Å². The number of hydrogen-bond donors (Lipinski definition) is 1. The van der Waals surface area contributed by atoms with E-state index in [0.29, 0.717) is 31.3 Å². The number of nitriles is 1. The molecule has 0 aliphatic rings. The summed E-state index contributed by atoms with van der Waals surface area (Å²) in [4.78, 5) is 8.58. The number of hydrogen-bond acceptors (Lipinski definition) is 6. The molecular weight excluding hydrogens is 345 g/mol. The second-order valence-corrected chi connectivity index (χ2v) is 5.61. The lowest BCUT2D eigenvalue weighted by Crippen LogP contribution is -2.06. The van der Waals surface area contributed by atoms with E-state index >= 15 is 0 Å². The minimum absolute atomic E-state index is 0.336. The van der Waals surface area contributed by atoms with Gasteiger partial charge in [-0.3, -0.25) is 10.3 Å². The van der Waals surface area contributed by atoms with Crippen LogP contribution in [0.3, 0.4) is 0 Å². The largest absolute Gasteiger partial charge is 0.279 e. The van der Waals surface area contributed by atoms with Gasteiger partial charge in [0, 0.05) is 10.0 Å². The molecule has 2 aromatic rings. The number of halogens is 2. The number of aromatic nitrogens is 2. The quantitative estimate of drug-likeness (QED) is 0.383. The molecule has 0 aliphatic heterocycles. The first kappa shape index (κ1) is 16.4. The van der Waals surface area contributed by atoms with Gasteiger partial charge in [0.15, 0.2) is 5.01 Å². The summed E-state index contributed by atoms with van der Waals surface area (Å²) in [7, 11) is 1.46. The van der Waals surface area contributed by atoms with Crippen LogP contribution in [0.15, 0.2) is 23.2 Å². The average molecular weight is 354 g/mol. The molecule has 0 unspecified atom stereocenters. The number of nitrogens with one attached hydrogen (secondary N) is 1. The van der Waals surface area contributed by atoms with Gasteiger partial charge in [0.05, 0.1) is 12.7 Å². The second-order valence-electron chi connectivity index (χ2n) is 3.81. The lowest BCUT2D eigenvalue weighted by Gasteiger charge is -1.99. The van der Waals surface area contributed by atoms with Gasteiger partial charge in [-0.2, -0.15) is 5.26 Å². The van der Waals surface area contributed by atoms with Gasteiger partial charge in [0.25, 0.3) is 0 Å². The van der Waals surface area contributed by atoms with Gasteiger partial charge in [-0.15, -0.1) is 10.2 Å². The van der Waals surface area contributed by atoms with Crippen molar-refractivity contribution in [2.45, 2.75) is 0 Å². The number of nitrogens with zero attached hydrogens (tertiary/aromatic N) is 4. The Kier molecular flexibility index (Phi) is 5.86. The average Bonchev–Trinajstić information content (AvgIpc) is 2.95. The minimum atomic E-state index is 0.336. The Balaban J connectivity index is 2.28. The fraction of sp³-hybridized carbons (Fsp3) is 0.0769. The van der Waals surface area contributed by atoms with Gasteiger partial charge in [-0.25, -0.2) is 4.99 Å². The molecule has 1 N–H and O–H groups in total. The SMILES string of the molecule is CONC=Nc1nnc(C(C#N)=Cc2ccc(Cl)cc2Cl)s1. The van der Waals surface area contributed by atoms with Gasteiger partial charge in [-0.1, -0.05) is 40.6 Å². The number of hydroxylamine groups is 1. The number of aliphatic imine (C=N–C) groups is 1.